The van der Waals surface area contributed by atoms with Crippen molar-refractivity contribution in [2.45, 2.75) is 19.8 Å². The van der Waals surface area contributed by atoms with E-state index in [1.807, 2.05) is 11.0 Å². The third kappa shape index (κ3) is 4.04. The zero-order valence-electron chi connectivity index (χ0n) is 15.9. The van der Waals surface area contributed by atoms with Gasteiger partial charge in [-0.3, -0.25) is 4.79 Å². The highest BCUT2D eigenvalue weighted by atomic mass is 16.2. The molecule has 0 N–H and O–H groups in total. The van der Waals surface area contributed by atoms with Gasteiger partial charge in [-0.2, -0.15) is 0 Å². The van der Waals surface area contributed by atoms with Gasteiger partial charge in [0, 0.05) is 57.3 Å². The second kappa shape index (κ2) is 7.94. The fourth-order valence-electron chi connectivity index (χ4n) is 3.95. The molecule has 0 saturated carbocycles. The molecular weight excluding hydrogens is 338 g/mol. The van der Waals surface area contributed by atoms with Crippen molar-refractivity contribution in [3.8, 4) is 0 Å². The molecule has 2 aliphatic rings. The molecule has 0 bridgehead atoms. The molecule has 1 amide bonds. The predicted octanol–water partition coefficient (Wildman–Crippen LogP) is 2.68. The quantitative estimate of drug-likeness (QED) is 0.837. The Kier molecular flexibility index (Phi) is 5.23. The summed E-state index contributed by atoms with van der Waals surface area (Å²) in [6.45, 7) is 7.53. The summed E-state index contributed by atoms with van der Waals surface area (Å²) in [7, 11) is 0. The van der Waals surface area contributed by atoms with Gasteiger partial charge < -0.3 is 14.7 Å². The van der Waals surface area contributed by atoms with Crippen molar-refractivity contribution in [3.63, 3.8) is 0 Å². The van der Waals surface area contributed by atoms with Crippen molar-refractivity contribution >= 4 is 17.5 Å². The molecule has 6 nitrogen and oxygen atoms in total. The molecule has 2 aromatic rings. The Morgan fingerprint density at radius 3 is 2.30 bits per heavy atom. The lowest BCUT2D eigenvalue weighted by Gasteiger charge is -2.36. The number of rotatable bonds is 3. The largest absolute Gasteiger partial charge is 0.368 e. The highest BCUT2D eigenvalue weighted by molar-refractivity contribution is 5.93. The minimum atomic E-state index is 0.0574. The number of para-hydroxylation sites is 1. The summed E-state index contributed by atoms with van der Waals surface area (Å²) in [5, 5.41) is 0. The number of carbonyl (C=O) groups is 1. The maximum atomic E-state index is 12.7. The van der Waals surface area contributed by atoms with Crippen LogP contribution in [0.3, 0.4) is 0 Å². The Balaban J connectivity index is 1.36. The van der Waals surface area contributed by atoms with Crippen LogP contribution in [0, 0.1) is 5.92 Å². The molecule has 1 aromatic carbocycles. The van der Waals surface area contributed by atoms with Crippen molar-refractivity contribution in [3.05, 3.63) is 48.3 Å². The van der Waals surface area contributed by atoms with E-state index in [0.717, 1.165) is 45.7 Å². The topological polar surface area (TPSA) is 52.6 Å². The van der Waals surface area contributed by atoms with Gasteiger partial charge in [-0.05, 0) is 30.9 Å². The van der Waals surface area contributed by atoms with Crippen molar-refractivity contribution in [1.82, 2.24) is 14.9 Å². The smallest absolute Gasteiger partial charge is 0.257 e. The number of amides is 1. The summed E-state index contributed by atoms with van der Waals surface area (Å²) >= 11 is 0. The van der Waals surface area contributed by atoms with Crippen LogP contribution in [-0.2, 0) is 0 Å². The summed E-state index contributed by atoms with van der Waals surface area (Å²) in [5.41, 5.74) is 1.85. The van der Waals surface area contributed by atoms with Crippen LogP contribution in [-0.4, -0.2) is 60.0 Å². The van der Waals surface area contributed by atoms with Crippen LogP contribution in [0.4, 0.5) is 11.6 Å². The van der Waals surface area contributed by atoms with Crippen molar-refractivity contribution in [2.24, 2.45) is 5.92 Å². The van der Waals surface area contributed by atoms with Gasteiger partial charge in [0.2, 0.25) is 5.95 Å². The monoisotopic (exact) mass is 365 g/mol. The second-order valence-electron chi connectivity index (χ2n) is 7.58. The van der Waals surface area contributed by atoms with Gasteiger partial charge in [0.05, 0.1) is 5.56 Å². The van der Waals surface area contributed by atoms with E-state index in [1.165, 1.54) is 12.1 Å². The predicted molar refractivity (Wildman–Crippen MR) is 107 cm³/mol. The van der Waals surface area contributed by atoms with Gasteiger partial charge in [-0.1, -0.05) is 25.1 Å². The molecule has 6 heteroatoms. The number of benzene rings is 1. The van der Waals surface area contributed by atoms with Gasteiger partial charge in [0.1, 0.15) is 0 Å². The lowest BCUT2D eigenvalue weighted by atomic mass is 10.00. The van der Waals surface area contributed by atoms with Gasteiger partial charge in [0.25, 0.3) is 5.91 Å². The standard InChI is InChI=1S/C21H27N5O/c1-17-6-5-9-26(16-17)20(27)18-14-22-21(23-15-18)25-12-10-24(11-13-25)19-7-3-2-4-8-19/h2-4,7-8,14-15,17H,5-6,9-13,16H2,1H3. The molecule has 4 rings (SSSR count). The number of likely N-dealkylation sites (tertiary alicyclic amines) is 1. The minimum Gasteiger partial charge on any atom is -0.368 e. The van der Waals surface area contributed by atoms with Crippen LogP contribution in [0.2, 0.25) is 0 Å². The minimum absolute atomic E-state index is 0.0574. The number of nitrogens with zero attached hydrogens (tertiary/aromatic N) is 5. The number of piperazine rings is 1. The molecule has 2 fully saturated rings. The Hall–Kier alpha value is -2.63. The highest BCUT2D eigenvalue weighted by Gasteiger charge is 2.23. The number of hydrogen-bond acceptors (Lipinski definition) is 5. The number of hydrogen-bond donors (Lipinski definition) is 0. The van der Waals surface area contributed by atoms with E-state index >= 15 is 0 Å². The Bertz CT molecular complexity index is 756. The number of anilines is 2. The van der Waals surface area contributed by atoms with E-state index in [2.05, 4.69) is 51.0 Å². The molecule has 1 atom stereocenters. The van der Waals surface area contributed by atoms with Gasteiger partial charge in [0.15, 0.2) is 0 Å². The number of aromatic nitrogens is 2. The van der Waals surface area contributed by atoms with E-state index in [1.54, 1.807) is 12.4 Å². The Labute approximate surface area is 160 Å². The normalized spacial score (nSPS) is 20.6. The van der Waals surface area contributed by atoms with Crippen LogP contribution in [0.5, 0.6) is 0 Å². The molecule has 2 aliphatic heterocycles. The first-order chi connectivity index (χ1) is 13.2. The molecule has 2 saturated heterocycles. The summed E-state index contributed by atoms with van der Waals surface area (Å²) in [5.74, 6) is 1.34. The fourth-order valence-corrected chi connectivity index (χ4v) is 3.95. The Morgan fingerprint density at radius 2 is 1.63 bits per heavy atom. The molecule has 0 aliphatic carbocycles. The summed E-state index contributed by atoms with van der Waals surface area (Å²) in [6, 6.07) is 10.5. The maximum Gasteiger partial charge on any atom is 0.257 e. The second-order valence-corrected chi connectivity index (χ2v) is 7.58. The molecule has 27 heavy (non-hydrogen) atoms. The van der Waals surface area contributed by atoms with E-state index in [9.17, 15) is 4.79 Å². The average Bonchev–Trinajstić information content (AvgIpc) is 2.74. The summed E-state index contributed by atoms with van der Waals surface area (Å²) in [4.78, 5) is 28.1. The highest BCUT2D eigenvalue weighted by Crippen LogP contribution is 2.20. The van der Waals surface area contributed by atoms with Gasteiger partial charge >= 0.3 is 0 Å². The molecule has 1 aromatic heterocycles. The van der Waals surface area contributed by atoms with Crippen LogP contribution < -0.4 is 9.80 Å². The zero-order chi connectivity index (χ0) is 18.6. The van der Waals surface area contributed by atoms with Crippen molar-refractivity contribution < 1.29 is 4.79 Å². The van der Waals surface area contributed by atoms with Gasteiger partial charge in [-0.25, -0.2) is 9.97 Å². The van der Waals surface area contributed by atoms with Crippen LogP contribution in [0.25, 0.3) is 0 Å². The zero-order valence-corrected chi connectivity index (χ0v) is 15.9. The number of carbonyl (C=O) groups excluding carboxylic acids is 1. The molecule has 3 heterocycles. The molecular formula is C21H27N5O. The van der Waals surface area contributed by atoms with Gasteiger partial charge in [-0.15, -0.1) is 0 Å². The summed E-state index contributed by atoms with van der Waals surface area (Å²) < 4.78 is 0. The third-order valence-corrected chi connectivity index (χ3v) is 5.51. The lowest BCUT2D eigenvalue weighted by molar-refractivity contribution is 0.0682. The molecule has 0 radical (unpaired) electrons. The SMILES string of the molecule is CC1CCCN(C(=O)c2cnc(N3CCN(c4ccccc4)CC3)nc2)C1. The van der Waals surface area contributed by atoms with Crippen molar-refractivity contribution in [1.29, 1.82) is 0 Å². The first kappa shape index (κ1) is 17.8. The first-order valence-electron chi connectivity index (χ1n) is 9.87. The van der Waals surface area contributed by atoms with Crippen LogP contribution >= 0.6 is 0 Å². The van der Waals surface area contributed by atoms with Crippen molar-refractivity contribution in [2.75, 3.05) is 49.1 Å². The van der Waals surface area contributed by atoms with Crippen LogP contribution in [0.15, 0.2) is 42.7 Å². The van der Waals surface area contributed by atoms with Crippen LogP contribution in [0.1, 0.15) is 30.1 Å². The molecule has 142 valence electrons. The molecule has 0 spiro atoms. The maximum absolute atomic E-state index is 12.7. The van der Waals surface area contributed by atoms with E-state index in [-0.39, 0.29) is 5.91 Å². The number of piperidine rings is 1. The first-order valence-corrected chi connectivity index (χ1v) is 9.87. The molecule has 1 unspecified atom stereocenters. The fraction of sp³-hybridized carbons (Fsp3) is 0.476. The van der Waals surface area contributed by atoms with E-state index in [4.69, 9.17) is 0 Å². The summed E-state index contributed by atoms with van der Waals surface area (Å²) in [6.07, 6.45) is 5.66. The average molecular weight is 365 g/mol. The van der Waals surface area contributed by atoms with E-state index < -0.39 is 0 Å². The third-order valence-electron chi connectivity index (χ3n) is 5.51. The Morgan fingerprint density at radius 1 is 0.963 bits per heavy atom. The van der Waals surface area contributed by atoms with E-state index in [0.29, 0.717) is 17.4 Å². The lowest BCUT2D eigenvalue weighted by Crippen LogP contribution is -2.47.